The van der Waals surface area contributed by atoms with Crippen LogP contribution in [0.3, 0.4) is 0 Å². The molecule has 24 heavy (non-hydrogen) atoms. The molecule has 5 heteroatoms. The summed E-state index contributed by atoms with van der Waals surface area (Å²) in [5, 5.41) is 13.0. The molecule has 2 atom stereocenters. The third-order valence-electron chi connectivity index (χ3n) is 4.21. The van der Waals surface area contributed by atoms with E-state index in [1.165, 1.54) is 0 Å². The number of rotatable bonds is 5. The number of aliphatic hydroxyl groups excluding tert-OH is 1. The van der Waals surface area contributed by atoms with E-state index in [0.717, 1.165) is 22.2 Å². The maximum Gasteiger partial charge on any atom is 0.242 e. The highest BCUT2D eigenvalue weighted by Crippen LogP contribution is 2.18. The zero-order chi connectivity index (χ0) is 17.1. The van der Waals surface area contributed by atoms with Crippen LogP contribution in [0, 0.1) is 6.92 Å². The highest BCUT2D eigenvalue weighted by atomic mass is 16.3. The van der Waals surface area contributed by atoms with E-state index >= 15 is 0 Å². The lowest BCUT2D eigenvalue weighted by molar-refractivity contribution is -0.124. The lowest BCUT2D eigenvalue weighted by Gasteiger charge is -2.17. The number of aryl methyl sites for hydroxylation is 1. The van der Waals surface area contributed by atoms with Crippen molar-refractivity contribution in [2.24, 2.45) is 0 Å². The lowest BCUT2D eigenvalue weighted by Crippen LogP contribution is -2.33. The predicted molar refractivity (Wildman–Crippen MR) is 93.6 cm³/mol. The third-order valence-corrected chi connectivity index (χ3v) is 4.21. The summed E-state index contributed by atoms with van der Waals surface area (Å²) in [6.45, 7) is 4.00. The van der Waals surface area contributed by atoms with E-state index in [-0.39, 0.29) is 12.5 Å². The van der Waals surface area contributed by atoms with Gasteiger partial charge in [-0.05, 0) is 31.5 Å². The fourth-order valence-corrected chi connectivity index (χ4v) is 2.66. The molecule has 1 amide bonds. The first kappa shape index (κ1) is 16.2. The number of fused-ring (bicyclic) bond motifs is 1. The van der Waals surface area contributed by atoms with Gasteiger partial charge in [0.1, 0.15) is 6.04 Å². The van der Waals surface area contributed by atoms with E-state index in [1.54, 1.807) is 6.33 Å². The van der Waals surface area contributed by atoms with Crippen molar-refractivity contribution in [3.05, 3.63) is 66.0 Å². The van der Waals surface area contributed by atoms with Gasteiger partial charge in [-0.2, -0.15) is 0 Å². The number of aromatic nitrogens is 2. The van der Waals surface area contributed by atoms with Crippen molar-refractivity contribution in [1.82, 2.24) is 14.9 Å². The summed E-state index contributed by atoms with van der Waals surface area (Å²) in [6, 6.07) is 14.9. The molecule has 0 radical (unpaired) electrons. The first-order chi connectivity index (χ1) is 11.6. The van der Waals surface area contributed by atoms with Crippen LogP contribution in [-0.4, -0.2) is 27.1 Å². The Morgan fingerprint density at radius 3 is 2.67 bits per heavy atom. The molecule has 124 valence electrons. The van der Waals surface area contributed by atoms with Gasteiger partial charge in [-0.3, -0.25) is 4.79 Å². The molecule has 2 N–H and O–H groups in total. The van der Waals surface area contributed by atoms with Crippen LogP contribution in [0.15, 0.2) is 54.9 Å². The number of hydrogen-bond acceptors (Lipinski definition) is 3. The van der Waals surface area contributed by atoms with Crippen molar-refractivity contribution < 1.29 is 9.90 Å². The molecule has 0 saturated carbocycles. The van der Waals surface area contributed by atoms with E-state index in [9.17, 15) is 9.90 Å². The van der Waals surface area contributed by atoms with Crippen molar-refractivity contribution in [2.45, 2.75) is 26.0 Å². The summed E-state index contributed by atoms with van der Waals surface area (Å²) in [6.07, 6.45) is 0.951. The highest BCUT2D eigenvalue weighted by molar-refractivity contribution is 5.83. The molecule has 2 unspecified atom stereocenters. The Balaban J connectivity index is 1.65. The molecule has 0 bridgehead atoms. The van der Waals surface area contributed by atoms with Gasteiger partial charge in [0.2, 0.25) is 5.91 Å². The van der Waals surface area contributed by atoms with Gasteiger partial charge in [0.25, 0.3) is 0 Å². The lowest BCUT2D eigenvalue weighted by atomic mass is 10.1. The molecule has 1 aromatic heterocycles. The summed E-state index contributed by atoms with van der Waals surface area (Å²) in [5.41, 5.74) is 3.70. The Morgan fingerprint density at radius 1 is 1.21 bits per heavy atom. The number of para-hydroxylation sites is 2. The van der Waals surface area contributed by atoms with Crippen molar-refractivity contribution >= 4 is 16.9 Å². The van der Waals surface area contributed by atoms with Gasteiger partial charge < -0.3 is 15.0 Å². The molecule has 0 aliphatic carbocycles. The fourth-order valence-electron chi connectivity index (χ4n) is 2.66. The van der Waals surface area contributed by atoms with Crippen LogP contribution < -0.4 is 5.32 Å². The van der Waals surface area contributed by atoms with E-state index in [4.69, 9.17) is 0 Å². The molecule has 0 fully saturated rings. The number of nitrogens with one attached hydrogen (secondary N) is 1. The summed E-state index contributed by atoms with van der Waals surface area (Å²) in [5.74, 6) is -0.149. The zero-order valence-corrected chi connectivity index (χ0v) is 13.8. The Kier molecular flexibility index (Phi) is 4.62. The van der Waals surface area contributed by atoms with Gasteiger partial charge in [0.05, 0.1) is 23.5 Å². The van der Waals surface area contributed by atoms with Gasteiger partial charge in [-0.1, -0.05) is 42.0 Å². The van der Waals surface area contributed by atoms with Crippen LogP contribution in [0.4, 0.5) is 0 Å². The molecular formula is C19H21N3O2. The predicted octanol–water partition coefficient (Wildman–Crippen LogP) is 2.76. The maximum atomic E-state index is 12.4. The quantitative estimate of drug-likeness (QED) is 0.759. The number of nitrogens with zero attached hydrogens (tertiary/aromatic N) is 2. The molecule has 0 aliphatic rings. The van der Waals surface area contributed by atoms with Crippen molar-refractivity contribution in [3.8, 4) is 0 Å². The standard InChI is InChI=1S/C19H21N3O2/c1-13-7-9-15(10-8-13)18(23)11-20-19(24)14(2)22-12-21-16-5-3-4-6-17(16)22/h3-10,12,14,18,23H,11H2,1-2H3,(H,20,24). The minimum Gasteiger partial charge on any atom is -0.387 e. The van der Waals surface area contributed by atoms with E-state index in [0.29, 0.717) is 0 Å². The summed E-state index contributed by atoms with van der Waals surface area (Å²) < 4.78 is 1.84. The molecule has 5 nitrogen and oxygen atoms in total. The molecular weight excluding hydrogens is 302 g/mol. The van der Waals surface area contributed by atoms with Crippen LogP contribution in [0.25, 0.3) is 11.0 Å². The SMILES string of the molecule is Cc1ccc(C(O)CNC(=O)C(C)n2cnc3ccccc32)cc1. The van der Waals surface area contributed by atoms with E-state index < -0.39 is 12.1 Å². The van der Waals surface area contributed by atoms with E-state index in [1.807, 2.05) is 66.9 Å². The second-order valence-corrected chi connectivity index (χ2v) is 5.99. The topological polar surface area (TPSA) is 67.2 Å². The first-order valence-electron chi connectivity index (χ1n) is 8.00. The van der Waals surface area contributed by atoms with Crippen LogP contribution in [-0.2, 0) is 4.79 Å². The summed E-state index contributed by atoms with van der Waals surface area (Å²) >= 11 is 0. The molecule has 0 saturated heterocycles. The normalized spacial score (nSPS) is 13.6. The number of hydrogen-bond donors (Lipinski definition) is 2. The largest absolute Gasteiger partial charge is 0.387 e. The first-order valence-corrected chi connectivity index (χ1v) is 8.00. The smallest absolute Gasteiger partial charge is 0.242 e. The minimum absolute atomic E-state index is 0.149. The fraction of sp³-hybridized carbons (Fsp3) is 0.263. The van der Waals surface area contributed by atoms with Crippen LogP contribution in [0.2, 0.25) is 0 Å². The Labute approximate surface area is 141 Å². The average Bonchev–Trinajstić information content (AvgIpc) is 3.03. The van der Waals surface area contributed by atoms with Crippen LogP contribution in [0.5, 0.6) is 0 Å². The van der Waals surface area contributed by atoms with Crippen molar-refractivity contribution in [1.29, 1.82) is 0 Å². The molecule has 3 aromatic rings. The Hall–Kier alpha value is -2.66. The average molecular weight is 323 g/mol. The van der Waals surface area contributed by atoms with E-state index in [2.05, 4.69) is 10.3 Å². The number of carbonyl (C=O) groups is 1. The van der Waals surface area contributed by atoms with Crippen molar-refractivity contribution in [3.63, 3.8) is 0 Å². The molecule has 2 aromatic carbocycles. The minimum atomic E-state index is -0.721. The van der Waals surface area contributed by atoms with Gasteiger partial charge in [0.15, 0.2) is 0 Å². The number of benzene rings is 2. The summed E-state index contributed by atoms with van der Waals surface area (Å²) in [7, 11) is 0. The monoisotopic (exact) mass is 323 g/mol. The number of aliphatic hydroxyl groups is 1. The second-order valence-electron chi connectivity index (χ2n) is 5.99. The van der Waals surface area contributed by atoms with Gasteiger partial charge in [-0.15, -0.1) is 0 Å². The number of carbonyl (C=O) groups excluding carboxylic acids is 1. The Morgan fingerprint density at radius 2 is 1.92 bits per heavy atom. The second kappa shape index (κ2) is 6.84. The van der Waals surface area contributed by atoms with Crippen LogP contribution in [0.1, 0.15) is 30.2 Å². The number of imidazole rings is 1. The molecule has 3 rings (SSSR count). The number of amides is 1. The Bertz CT molecular complexity index is 839. The maximum absolute atomic E-state index is 12.4. The summed E-state index contributed by atoms with van der Waals surface area (Å²) in [4.78, 5) is 16.7. The van der Waals surface area contributed by atoms with Crippen molar-refractivity contribution in [2.75, 3.05) is 6.54 Å². The third kappa shape index (κ3) is 3.31. The van der Waals surface area contributed by atoms with Gasteiger partial charge in [0, 0.05) is 6.54 Å². The molecule has 0 spiro atoms. The molecule has 1 heterocycles. The zero-order valence-electron chi connectivity index (χ0n) is 13.8. The van der Waals surface area contributed by atoms with Gasteiger partial charge in [-0.25, -0.2) is 4.98 Å². The highest BCUT2D eigenvalue weighted by Gasteiger charge is 2.18. The van der Waals surface area contributed by atoms with Crippen LogP contribution >= 0.6 is 0 Å². The van der Waals surface area contributed by atoms with Gasteiger partial charge >= 0.3 is 0 Å². The molecule has 0 aliphatic heterocycles.